The van der Waals surface area contributed by atoms with Crippen molar-refractivity contribution in [2.24, 2.45) is 0 Å². The van der Waals surface area contributed by atoms with Crippen molar-refractivity contribution in [1.82, 2.24) is 10.2 Å². The normalized spacial score (nSPS) is 15.0. The van der Waals surface area contributed by atoms with Gasteiger partial charge in [0, 0.05) is 24.7 Å². The number of carbonyl (C=O) groups is 2. The number of anilines is 1. The van der Waals surface area contributed by atoms with E-state index in [0.717, 1.165) is 59.9 Å². The van der Waals surface area contributed by atoms with Gasteiger partial charge < -0.3 is 10.2 Å². The molecule has 1 N–H and O–H groups in total. The van der Waals surface area contributed by atoms with Gasteiger partial charge in [0.05, 0.1) is 16.9 Å². The standard InChI is InChI=1S/C26H34N4O6S/c1-19-12-14-21(15-13-19)17-28(20(2)26(32)27-22-8-5-4-6-9-22)25(31)18-29(37(3,35)36)23-10-7-11-24(16-23)30(33)34/h7,10-16,20,22H,4-6,8-9,17-18H2,1-3H3,(H,27,32)/t20-/m0/s1. The highest BCUT2D eigenvalue weighted by Crippen LogP contribution is 2.24. The Morgan fingerprint density at radius 3 is 2.35 bits per heavy atom. The lowest BCUT2D eigenvalue weighted by Gasteiger charge is -2.33. The van der Waals surface area contributed by atoms with E-state index in [9.17, 15) is 28.1 Å². The van der Waals surface area contributed by atoms with Gasteiger partial charge in [-0.15, -0.1) is 0 Å². The number of carbonyl (C=O) groups excluding carboxylic acids is 2. The SMILES string of the molecule is Cc1ccc(CN(C(=O)CN(c2cccc([N+](=O)[O-])c2)S(C)(=O)=O)[C@@H](C)C(=O)NC2CCCCC2)cc1. The van der Waals surface area contributed by atoms with Crippen molar-refractivity contribution in [1.29, 1.82) is 0 Å². The Bertz CT molecular complexity index is 1230. The first-order chi connectivity index (χ1) is 17.5. The number of benzene rings is 2. The van der Waals surface area contributed by atoms with Crippen LogP contribution in [0.2, 0.25) is 0 Å². The van der Waals surface area contributed by atoms with Crippen LogP contribution in [0.25, 0.3) is 0 Å². The van der Waals surface area contributed by atoms with E-state index < -0.39 is 33.4 Å². The molecule has 1 aliphatic carbocycles. The summed E-state index contributed by atoms with van der Waals surface area (Å²) in [6, 6.07) is 11.8. The Labute approximate surface area is 217 Å². The number of nitro benzene ring substituents is 1. The summed E-state index contributed by atoms with van der Waals surface area (Å²) < 4.78 is 26.1. The van der Waals surface area contributed by atoms with E-state index in [0.29, 0.717) is 0 Å². The molecule has 2 aromatic carbocycles. The molecule has 0 radical (unpaired) electrons. The minimum atomic E-state index is -3.97. The fourth-order valence-electron chi connectivity index (χ4n) is 4.42. The van der Waals surface area contributed by atoms with Crippen molar-refractivity contribution >= 4 is 33.2 Å². The van der Waals surface area contributed by atoms with Crippen LogP contribution in [0.15, 0.2) is 48.5 Å². The van der Waals surface area contributed by atoms with Gasteiger partial charge in [-0.25, -0.2) is 8.42 Å². The minimum absolute atomic E-state index is 0.000328. The van der Waals surface area contributed by atoms with Crippen LogP contribution >= 0.6 is 0 Å². The van der Waals surface area contributed by atoms with Crippen molar-refractivity contribution in [3.05, 3.63) is 69.8 Å². The number of hydrogen-bond acceptors (Lipinski definition) is 6. The summed E-state index contributed by atoms with van der Waals surface area (Å²) in [6.45, 7) is 3.07. The molecule has 1 atom stereocenters. The van der Waals surface area contributed by atoms with Gasteiger partial charge in [-0.2, -0.15) is 0 Å². The number of hydrogen-bond donors (Lipinski definition) is 1. The van der Waals surface area contributed by atoms with E-state index in [-0.39, 0.29) is 29.9 Å². The maximum atomic E-state index is 13.6. The number of sulfonamides is 1. The molecule has 10 nitrogen and oxygen atoms in total. The summed E-state index contributed by atoms with van der Waals surface area (Å²) in [7, 11) is -3.97. The number of nitrogens with zero attached hydrogens (tertiary/aromatic N) is 3. The Kier molecular flexibility index (Phi) is 9.25. The zero-order valence-corrected chi connectivity index (χ0v) is 22.2. The van der Waals surface area contributed by atoms with Crippen LogP contribution < -0.4 is 9.62 Å². The summed E-state index contributed by atoms with van der Waals surface area (Å²) in [5.74, 6) is -0.891. The molecule has 1 aliphatic rings. The molecule has 3 rings (SSSR count). The van der Waals surface area contributed by atoms with E-state index in [1.54, 1.807) is 6.92 Å². The predicted molar refractivity (Wildman–Crippen MR) is 141 cm³/mol. The molecule has 2 amide bonds. The quantitative estimate of drug-likeness (QED) is 0.369. The first kappa shape index (κ1) is 28.1. The van der Waals surface area contributed by atoms with Crippen LogP contribution in [0, 0.1) is 17.0 Å². The van der Waals surface area contributed by atoms with Crippen molar-refractivity contribution in [2.45, 2.75) is 64.6 Å². The fourth-order valence-corrected chi connectivity index (χ4v) is 5.26. The van der Waals surface area contributed by atoms with E-state index in [4.69, 9.17) is 0 Å². The zero-order valence-electron chi connectivity index (χ0n) is 21.4. The molecule has 0 heterocycles. The predicted octanol–water partition coefficient (Wildman–Crippen LogP) is 3.54. The molecule has 2 aromatic rings. The first-order valence-corrected chi connectivity index (χ1v) is 14.2. The number of non-ortho nitro benzene ring substituents is 1. The molecule has 0 bridgehead atoms. The molecule has 1 saturated carbocycles. The number of nitro groups is 1. The Morgan fingerprint density at radius 1 is 1.11 bits per heavy atom. The smallest absolute Gasteiger partial charge is 0.271 e. The summed E-state index contributed by atoms with van der Waals surface area (Å²) in [5.41, 5.74) is 1.53. The topological polar surface area (TPSA) is 130 Å². The second-order valence-corrected chi connectivity index (χ2v) is 11.5. The van der Waals surface area contributed by atoms with Gasteiger partial charge in [0.1, 0.15) is 12.6 Å². The molecule has 0 unspecified atom stereocenters. The molecule has 1 fully saturated rings. The maximum Gasteiger partial charge on any atom is 0.271 e. The van der Waals surface area contributed by atoms with E-state index in [2.05, 4.69) is 5.32 Å². The van der Waals surface area contributed by atoms with Gasteiger partial charge in [-0.05, 0) is 38.3 Å². The van der Waals surface area contributed by atoms with Crippen molar-refractivity contribution in [2.75, 3.05) is 17.1 Å². The molecule has 200 valence electrons. The molecule has 0 aliphatic heterocycles. The summed E-state index contributed by atoms with van der Waals surface area (Å²) in [5, 5.41) is 14.3. The summed E-state index contributed by atoms with van der Waals surface area (Å²) in [6.07, 6.45) is 5.93. The number of amides is 2. The summed E-state index contributed by atoms with van der Waals surface area (Å²) >= 11 is 0. The maximum absolute atomic E-state index is 13.6. The van der Waals surface area contributed by atoms with Crippen LogP contribution in [-0.2, 0) is 26.2 Å². The zero-order chi connectivity index (χ0) is 27.2. The van der Waals surface area contributed by atoms with E-state index >= 15 is 0 Å². The molecular formula is C26H34N4O6S. The lowest BCUT2D eigenvalue weighted by Crippen LogP contribution is -2.52. The van der Waals surface area contributed by atoms with Gasteiger partial charge in [-0.1, -0.05) is 55.2 Å². The highest BCUT2D eigenvalue weighted by atomic mass is 32.2. The summed E-state index contributed by atoms with van der Waals surface area (Å²) in [4.78, 5) is 38.7. The van der Waals surface area contributed by atoms with Gasteiger partial charge in [0.15, 0.2) is 0 Å². The molecule has 0 spiro atoms. The third-order valence-corrected chi connectivity index (χ3v) is 7.74. The largest absolute Gasteiger partial charge is 0.352 e. The van der Waals surface area contributed by atoms with Gasteiger partial charge in [0.25, 0.3) is 5.69 Å². The highest BCUT2D eigenvalue weighted by molar-refractivity contribution is 7.92. The van der Waals surface area contributed by atoms with Crippen LogP contribution in [-0.4, -0.2) is 54.9 Å². The van der Waals surface area contributed by atoms with E-state index in [1.165, 1.54) is 23.1 Å². The second-order valence-electron chi connectivity index (χ2n) is 9.57. The Balaban J connectivity index is 1.89. The van der Waals surface area contributed by atoms with Crippen LogP contribution in [0.1, 0.15) is 50.2 Å². The fraction of sp³-hybridized carbons (Fsp3) is 0.462. The number of nitrogens with one attached hydrogen (secondary N) is 1. The molecule has 37 heavy (non-hydrogen) atoms. The van der Waals surface area contributed by atoms with Gasteiger partial charge >= 0.3 is 0 Å². The molecule has 11 heteroatoms. The van der Waals surface area contributed by atoms with Crippen molar-refractivity contribution < 1.29 is 22.9 Å². The van der Waals surface area contributed by atoms with Crippen LogP contribution in [0.4, 0.5) is 11.4 Å². The third-order valence-electron chi connectivity index (χ3n) is 6.60. The number of rotatable bonds is 10. The highest BCUT2D eigenvalue weighted by Gasteiger charge is 2.31. The number of aryl methyl sites for hydroxylation is 1. The van der Waals surface area contributed by atoms with Crippen LogP contribution in [0.5, 0.6) is 0 Å². The lowest BCUT2D eigenvalue weighted by atomic mass is 9.95. The van der Waals surface area contributed by atoms with E-state index in [1.807, 2.05) is 31.2 Å². The average Bonchev–Trinajstić information content (AvgIpc) is 2.86. The van der Waals surface area contributed by atoms with Crippen LogP contribution in [0.3, 0.4) is 0 Å². The second kappa shape index (κ2) is 12.2. The first-order valence-electron chi connectivity index (χ1n) is 12.3. The molecule has 0 aromatic heterocycles. The van der Waals surface area contributed by atoms with Gasteiger partial charge in [-0.3, -0.25) is 24.0 Å². The minimum Gasteiger partial charge on any atom is -0.352 e. The Hall–Kier alpha value is -3.47. The van der Waals surface area contributed by atoms with Crippen molar-refractivity contribution in [3.63, 3.8) is 0 Å². The molecule has 0 saturated heterocycles. The molecular weight excluding hydrogens is 496 g/mol. The van der Waals surface area contributed by atoms with Crippen molar-refractivity contribution in [3.8, 4) is 0 Å². The lowest BCUT2D eigenvalue weighted by molar-refractivity contribution is -0.384. The van der Waals surface area contributed by atoms with Gasteiger partial charge in [0.2, 0.25) is 21.8 Å². The monoisotopic (exact) mass is 530 g/mol. The average molecular weight is 531 g/mol. The Morgan fingerprint density at radius 2 is 1.76 bits per heavy atom. The third kappa shape index (κ3) is 7.75.